The van der Waals surface area contributed by atoms with Gasteiger partial charge in [-0.25, -0.2) is 0 Å². The molecule has 4 atom stereocenters. The number of hydrogen-bond acceptors (Lipinski definition) is 3. The number of fused-ring (bicyclic) bond motifs is 3. The zero-order valence-electron chi connectivity index (χ0n) is 18.3. The Labute approximate surface area is 178 Å². The second-order valence-electron chi connectivity index (χ2n) is 10.0. The quantitative estimate of drug-likeness (QED) is 0.817. The number of nitrogens with one attached hydrogen (secondary N) is 1. The molecule has 2 aromatic heterocycles. The highest BCUT2D eigenvalue weighted by atomic mass is 16.3. The molecule has 2 aliphatic carbocycles. The zero-order chi connectivity index (χ0) is 21.0. The Balaban J connectivity index is 1.52. The Morgan fingerprint density at radius 3 is 2.70 bits per heavy atom. The number of hydrogen-bond donors (Lipinski definition) is 1. The fraction of sp³-hybridized carbons (Fsp3) is 0.667. The van der Waals surface area contributed by atoms with Crippen LogP contribution in [0, 0.1) is 11.8 Å². The first-order valence-corrected chi connectivity index (χ1v) is 11.6. The molecule has 30 heavy (non-hydrogen) atoms. The Morgan fingerprint density at radius 1 is 1.17 bits per heavy atom. The number of aromatic nitrogens is 1. The van der Waals surface area contributed by atoms with Gasteiger partial charge in [0.1, 0.15) is 11.2 Å². The van der Waals surface area contributed by atoms with Crippen LogP contribution in [-0.2, 0) is 11.3 Å². The minimum absolute atomic E-state index is 0.00954. The summed E-state index contributed by atoms with van der Waals surface area (Å²) < 4.78 is 7.55. The fourth-order valence-electron chi connectivity index (χ4n) is 6.08. The van der Waals surface area contributed by atoms with Crippen molar-refractivity contribution in [2.45, 2.75) is 89.9 Å². The molecule has 0 unspecified atom stereocenters. The molecule has 0 spiro atoms. The Bertz CT molecular complexity index is 970. The number of carbonyl (C=O) groups excluding carboxylic acids is 2. The lowest BCUT2D eigenvalue weighted by Gasteiger charge is -2.48. The van der Waals surface area contributed by atoms with E-state index in [9.17, 15) is 9.59 Å². The van der Waals surface area contributed by atoms with Gasteiger partial charge in [0, 0.05) is 24.2 Å². The van der Waals surface area contributed by atoms with Crippen molar-refractivity contribution < 1.29 is 14.0 Å². The van der Waals surface area contributed by atoms with E-state index in [1.54, 1.807) is 6.26 Å². The van der Waals surface area contributed by atoms with E-state index in [2.05, 4.69) is 19.2 Å². The summed E-state index contributed by atoms with van der Waals surface area (Å²) in [4.78, 5) is 29.4. The van der Waals surface area contributed by atoms with Gasteiger partial charge in [0.2, 0.25) is 5.91 Å². The minimum Gasteiger partial charge on any atom is -0.463 e. The molecule has 0 radical (unpaired) electrons. The van der Waals surface area contributed by atoms with Gasteiger partial charge in [-0.2, -0.15) is 0 Å². The van der Waals surface area contributed by atoms with E-state index < -0.39 is 5.54 Å². The highest BCUT2D eigenvalue weighted by molar-refractivity contribution is 6.03. The van der Waals surface area contributed by atoms with E-state index in [4.69, 9.17) is 4.42 Å². The van der Waals surface area contributed by atoms with Gasteiger partial charge in [0.05, 0.1) is 18.3 Å². The SMILES string of the molecule is C[C@H]1[C@H](C)CCC[C@@H]1NC(=O)[C@]1(C)Cn2c(cc3occc32)C(=O)N1C1CCCC1. The van der Waals surface area contributed by atoms with Crippen LogP contribution in [0.25, 0.3) is 11.1 Å². The first kappa shape index (κ1) is 19.7. The van der Waals surface area contributed by atoms with Gasteiger partial charge < -0.3 is 19.2 Å². The predicted octanol–water partition coefficient (Wildman–Crippen LogP) is 4.33. The van der Waals surface area contributed by atoms with E-state index in [-0.39, 0.29) is 23.9 Å². The maximum atomic E-state index is 13.8. The normalized spacial score (nSPS) is 32.6. The van der Waals surface area contributed by atoms with Crippen molar-refractivity contribution in [1.29, 1.82) is 0 Å². The van der Waals surface area contributed by atoms with Crippen LogP contribution in [0.15, 0.2) is 22.8 Å². The molecule has 6 heteroatoms. The molecular weight excluding hydrogens is 378 g/mol. The van der Waals surface area contributed by atoms with Crippen LogP contribution < -0.4 is 5.32 Å². The molecule has 2 amide bonds. The second kappa shape index (κ2) is 7.17. The van der Waals surface area contributed by atoms with Crippen LogP contribution in [0.3, 0.4) is 0 Å². The molecule has 0 saturated heterocycles. The van der Waals surface area contributed by atoms with Crippen molar-refractivity contribution in [2.24, 2.45) is 11.8 Å². The van der Waals surface area contributed by atoms with E-state index in [0.29, 0.717) is 29.7 Å². The molecule has 0 aromatic carbocycles. The zero-order valence-corrected chi connectivity index (χ0v) is 18.3. The summed E-state index contributed by atoms with van der Waals surface area (Å²) in [5.41, 5.74) is 1.34. The van der Waals surface area contributed by atoms with E-state index >= 15 is 0 Å². The van der Waals surface area contributed by atoms with Crippen molar-refractivity contribution in [3.63, 3.8) is 0 Å². The highest BCUT2D eigenvalue weighted by Gasteiger charge is 2.51. The standard InChI is InChI=1S/C24H33N3O3/c1-15-7-6-10-18(16(15)2)25-23(29)24(3)14-26-19-11-12-30-21(19)13-20(26)22(28)27(24)17-8-4-5-9-17/h11-13,15-18H,4-10,14H2,1-3H3,(H,25,29)/t15-,16+,18+,24+/m1/s1. The Morgan fingerprint density at radius 2 is 1.93 bits per heavy atom. The van der Waals surface area contributed by atoms with Crippen molar-refractivity contribution in [1.82, 2.24) is 14.8 Å². The van der Waals surface area contributed by atoms with Gasteiger partial charge in [0.25, 0.3) is 5.91 Å². The van der Waals surface area contributed by atoms with E-state index in [1.807, 2.05) is 28.5 Å². The molecular formula is C24H33N3O3. The van der Waals surface area contributed by atoms with Crippen molar-refractivity contribution in [3.05, 3.63) is 24.1 Å². The van der Waals surface area contributed by atoms with E-state index in [1.165, 1.54) is 6.42 Å². The molecule has 2 aromatic rings. The molecule has 1 aliphatic heterocycles. The summed E-state index contributed by atoms with van der Waals surface area (Å²) in [5.74, 6) is 1.01. The van der Waals surface area contributed by atoms with Crippen LogP contribution in [-0.4, -0.2) is 38.9 Å². The molecule has 2 saturated carbocycles. The molecule has 1 N–H and O–H groups in total. The summed E-state index contributed by atoms with van der Waals surface area (Å²) in [5, 5.41) is 3.38. The lowest BCUT2D eigenvalue weighted by molar-refractivity contribution is -0.135. The molecule has 162 valence electrons. The molecule has 5 rings (SSSR count). The van der Waals surface area contributed by atoms with Crippen LogP contribution in [0.2, 0.25) is 0 Å². The average molecular weight is 412 g/mol. The summed E-state index contributed by atoms with van der Waals surface area (Å²) in [6.07, 6.45) is 9.22. The largest absolute Gasteiger partial charge is 0.463 e. The summed E-state index contributed by atoms with van der Waals surface area (Å²) in [6.45, 7) is 6.96. The van der Waals surface area contributed by atoms with Crippen LogP contribution in [0.4, 0.5) is 0 Å². The summed E-state index contributed by atoms with van der Waals surface area (Å²) in [7, 11) is 0. The summed E-state index contributed by atoms with van der Waals surface area (Å²) >= 11 is 0. The van der Waals surface area contributed by atoms with Gasteiger partial charge in [-0.3, -0.25) is 9.59 Å². The predicted molar refractivity (Wildman–Crippen MR) is 115 cm³/mol. The number of carbonyl (C=O) groups is 2. The topological polar surface area (TPSA) is 67.5 Å². The summed E-state index contributed by atoms with van der Waals surface area (Å²) in [6, 6.07) is 4.03. The number of furan rings is 1. The lowest BCUT2D eigenvalue weighted by Crippen LogP contribution is -2.67. The smallest absolute Gasteiger partial charge is 0.271 e. The fourth-order valence-corrected chi connectivity index (χ4v) is 6.08. The lowest BCUT2D eigenvalue weighted by atomic mass is 9.77. The maximum absolute atomic E-state index is 13.8. The van der Waals surface area contributed by atoms with Crippen LogP contribution >= 0.6 is 0 Å². The second-order valence-corrected chi connectivity index (χ2v) is 10.0. The third-order valence-corrected chi connectivity index (χ3v) is 8.16. The van der Waals surface area contributed by atoms with Crippen molar-refractivity contribution >= 4 is 22.9 Å². The molecule has 6 nitrogen and oxygen atoms in total. The third-order valence-electron chi connectivity index (χ3n) is 8.16. The molecule has 0 bridgehead atoms. The van der Waals surface area contributed by atoms with Crippen LogP contribution in [0.5, 0.6) is 0 Å². The minimum atomic E-state index is -0.900. The number of amides is 2. The monoisotopic (exact) mass is 411 g/mol. The third kappa shape index (κ3) is 2.90. The Kier molecular flexibility index (Phi) is 4.71. The first-order chi connectivity index (χ1) is 14.4. The Hall–Kier alpha value is -2.24. The van der Waals surface area contributed by atoms with Crippen molar-refractivity contribution in [3.8, 4) is 0 Å². The average Bonchev–Trinajstić information content (AvgIpc) is 3.44. The number of rotatable bonds is 3. The van der Waals surface area contributed by atoms with E-state index in [0.717, 1.165) is 44.0 Å². The van der Waals surface area contributed by atoms with Gasteiger partial charge in [-0.1, -0.05) is 39.5 Å². The number of nitrogens with zero attached hydrogens (tertiary/aromatic N) is 2. The molecule has 2 fully saturated rings. The highest BCUT2D eigenvalue weighted by Crippen LogP contribution is 2.38. The van der Waals surface area contributed by atoms with Gasteiger partial charge in [-0.05, 0) is 38.0 Å². The molecule has 3 aliphatic rings. The maximum Gasteiger partial charge on any atom is 0.271 e. The van der Waals surface area contributed by atoms with Gasteiger partial charge in [0.15, 0.2) is 5.58 Å². The molecule has 3 heterocycles. The van der Waals surface area contributed by atoms with Gasteiger partial charge >= 0.3 is 0 Å². The van der Waals surface area contributed by atoms with Crippen molar-refractivity contribution in [2.75, 3.05) is 0 Å². The van der Waals surface area contributed by atoms with Gasteiger partial charge in [-0.15, -0.1) is 0 Å². The van der Waals surface area contributed by atoms with Crippen LogP contribution in [0.1, 0.15) is 76.2 Å². The first-order valence-electron chi connectivity index (χ1n) is 11.6.